The molecule has 3 aromatic carbocycles. The van der Waals surface area contributed by atoms with Gasteiger partial charge in [-0.2, -0.15) is 0 Å². The highest BCUT2D eigenvalue weighted by molar-refractivity contribution is 6.14. The van der Waals surface area contributed by atoms with Gasteiger partial charge < -0.3 is 10.1 Å². The van der Waals surface area contributed by atoms with Crippen LogP contribution in [0.25, 0.3) is 0 Å². The summed E-state index contributed by atoms with van der Waals surface area (Å²) < 4.78 is 18.7. The lowest BCUT2D eigenvalue weighted by Gasteiger charge is -2.18. The van der Waals surface area contributed by atoms with Crippen LogP contribution in [0.2, 0.25) is 0 Å². The molecule has 0 bridgehead atoms. The van der Waals surface area contributed by atoms with Gasteiger partial charge in [0.15, 0.2) is 11.9 Å². The number of amides is 1. The molecule has 0 heterocycles. The largest absolute Gasteiger partial charge is 0.481 e. The van der Waals surface area contributed by atoms with Crippen molar-refractivity contribution in [2.45, 2.75) is 19.4 Å². The minimum Gasteiger partial charge on any atom is -0.481 e. The van der Waals surface area contributed by atoms with Crippen molar-refractivity contribution in [2.75, 3.05) is 5.32 Å². The lowest BCUT2D eigenvalue weighted by Crippen LogP contribution is -2.32. The number of rotatable bonds is 7. The maximum absolute atomic E-state index is 13.0. The van der Waals surface area contributed by atoms with E-state index in [2.05, 4.69) is 5.32 Å². The first-order valence-corrected chi connectivity index (χ1v) is 9.00. The summed E-state index contributed by atoms with van der Waals surface area (Å²) in [5.74, 6) is -0.528. The molecule has 0 aliphatic heterocycles. The minimum absolute atomic E-state index is 0.177. The smallest absolute Gasteiger partial charge is 0.265 e. The zero-order valence-electron chi connectivity index (χ0n) is 15.4. The van der Waals surface area contributed by atoms with E-state index in [1.165, 1.54) is 24.3 Å². The summed E-state index contributed by atoms with van der Waals surface area (Å²) >= 11 is 0. The molecule has 3 rings (SSSR count). The van der Waals surface area contributed by atoms with E-state index in [1.807, 2.05) is 13.0 Å². The molecule has 4 nitrogen and oxygen atoms in total. The molecule has 0 unspecified atom stereocenters. The molecule has 1 atom stereocenters. The number of anilines is 1. The molecular weight excluding hydrogens is 357 g/mol. The monoisotopic (exact) mass is 377 g/mol. The number of carbonyl (C=O) groups is 2. The van der Waals surface area contributed by atoms with Crippen LogP contribution in [-0.4, -0.2) is 17.8 Å². The van der Waals surface area contributed by atoms with Gasteiger partial charge in [0.05, 0.1) is 5.69 Å². The van der Waals surface area contributed by atoms with E-state index >= 15 is 0 Å². The summed E-state index contributed by atoms with van der Waals surface area (Å²) in [4.78, 5) is 25.5. The number of ether oxygens (including phenoxy) is 1. The maximum atomic E-state index is 13.0. The highest BCUT2D eigenvalue weighted by atomic mass is 19.1. The molecular formula is C23H20FNO3. The molecule has 0 aliphatic carbocycles. The van der Waals surface area contributed by atoms with Crippen LogP contribution in [0.15, 0.2) is 78.9 Å². The lowest BCUT2D eigenvalue weighted by molar-refractivity contribution is -0.122. The summed E-state index contributed by atoms with van der Waals surface area (Å²) in [5.41, 5.74) is 1.36. The van der Waals surface area contributed by atoms with Gasteiger partial charge in [-0.1, -0.05) is 49.4 Å². The molecule has 28 heavy (non-hydrogen) atoms. The molecule has 0 saturated carbocycles. The molecule has 1 amide bonds. The van der Waals surface area contributed by atoms with Gasteiger partial charge in [-0.15, -0.1) is 0 Å². The van der Waals surface area contributed by atoms with Crippen LogP contribution in [0.5, 0.6) is 5.75 Å². The number of ketones is 1. The summed E-state index contributed by atoms with van der Waals surface area (Å²) in [6, 6.07) is 21.2. The molecule has 1 N–H and O–H groups in total. The normalized spacial score (nSPS) is 11.5. The number of hydrogen-bond acceptors (Lipinski definition) is 3. The second-order valence-electron chi connectivity index (χ2n) is 6.20. The molecule has 0 spiro atoms. The van der Waals surface area contributed by atoms with E-state index in [0.29, 0.717) is 29.0 Å². The van der Waals surface area contributed by atoms with Crippen molar-refractivity contribution in [3.63, 3.8) is 0 Å². The topological polar surface area (TPSA) is 55.4 Å². The average molecular weight is 377 g/mol. The molecule has 0 saturated heterocycles. The third kappa shape index (κ3) is 4.62. The maximum Gasteiger partial charge on any atom is 0.265 e. The van der Waals surface area contributed by atoms with E-state index in [0.717, 1.165) is 0 Å². The van der Waals surface area contributed by atoms with E-state index < -0.39 is 6.10 Å². The van der Waals surface area contributed by atoms with Gasteiger partial charge in [-0.25, -0.2) is 4.39 Å². The zero-order chi connectivity index (χ0) is 19.9. The standard InChI is InChI=1S/C23H20FNO3/c1-2-21(28-18-14-12-17(24)13-15-18)23(27)25-20-11-7-6-10-19(20)22(26)16-8-4-3-5-9-16/h3-15,21H,2H2,1H3,(H,25,27)/t21-/m0/s1. The van der Waals surface area contributed by atoms with Crippen molar-refractivity contribution in [3.05, 3.63) is 95.8 Å². The van der Waals surface area contributed by atoms with Gasteiger partial charge in [0.2, 0.25) is 0 Å². The van der Waals surface area contributed by atoms with Crippen molar-refractivity contribution in [3.8, 4) is 5.75 Å². The van der Waals surface area contributed by atoms with E-state index in [4.69, 9.17) is 4.74 Å². The molecule has 0 aliphatic rings. The fourth-order valence-corrected chi connectivity index (χ4v) is 2.75. The third-order valence-corrected chi connectivity index (χ3v) is 4.22. The molecule has 0 radical (unpaired) electrons. The van der Waals surface area contributed by atoms with Crippen molar-refractivity contribution < 1.29 is 18.7 Å². The Kier molecular flexibility index (Phi) is 6.17. The van der Waals surface area contributed by atoms with Crippen LogP contribution in [0.3, 0.4) is 0 Å². The van der Waals surface area contributed by atoms with Gasteiger partial charge in [0.1, 0.15) is 11.6 Å². The Bertz CT molecular complexity index is 955. The third-order valence-electron chi connectivity index (χ3n) is 4.22. The molecule has 3 aromatic rings. The average Bonchev–Trinajstić information content (AvgIpc) is 2.73. The van der Waals surface area contributed by atoms with Crippen LogP contribution in [0.4, 0.5) is 10.1 Å². The van der Waals surface area contributed by atoms with Crippen LogP contribution >= 0.6 is 0 Å². The second kappa shape index (κ2) is 8.95. The van der Waals surface area contributed by atoms with E-state index in [9.17, 15) is 14.0 Å². The zero-order valence-corrected chi connectivity index (χ0v) is 15.4. The number of carbonyl (C=O) groups excluding carboxylic acids is 2. The van der Waals surface area contributed by atoms with Crippen molar-refractivity contribution in [1.29, 1.82) is 0 Å². The Labute approximate surface area is 163 Å². The number of para-hydroxylation sites is 1. The number of benzene rings is 3. The summed E-state index contributed by atoms with van der Waals surface area (Å²) in [6.45, 7) is 1.81. The van der Waals surface area contributed by atoms with E-state index in [-0.39, 0.29) is 17.5 Å². The predicted octanol–water partition coefficient (Wildman–Crippen LogP) is 4.85. The Balaban J connectivity index is 1.78. The fraction of sp³-hybridized carbons (Fsp3) is 0.130. The first kappa shape index (κ1) is 19.3. The molecule has 0 fully saturated rings. The first-order valence-electron chi connectivity index (χ1n) is 9.00. The Morgan fingerprint density at radius 3 is 2.25 bits per heavy atom. The number of halogens is 1. The molecule has 5 heteroatoms. The van der Waals surface area contributed by atoms with E-state index in [1.54, 1.807) is 48.5 Å². The Morgan fingerprint density at radius 1 is 0.929 bits per heavy atom. The summed E-state index contributed by atoms with van der Waals surface area (Å²) in [7, 11) is 0. The number of nitrogens with one attached hydrogen (secondary N) is 1. The highest BCUT2D eigenvalue weighted by Crippen LogP contribution is 2.21. The lowest BCUT2D eigenvalue weighted by atomic mass is 10.0. The molecule has 0 aromatic heterocycles. The van der Waals surface area contributed by atoms with Crippen LogP contribution in [0.1, 0.15) is 29.3 Å². The summed E-state index contributed by atoms with van der Waals surface area (Å²) in [6.07, 6.45) is -0.358. The van der Waals surface area contributed by atoms with Crippen molar-refractivity contribution in [1.82, 2.24) is 0 Å². The SMILES string of the molecule is CC[C@H](Oc1ccc(F)cc1)C(=O)Nc1ccccc1C(=O)c1ccccc1. The summed E-state index contributed by atoms with van der Waals surface area (Å²) in [5, 5.41) is 2.78. The van der Waals surface area contributed by atoms with Crippen molar-refractivity contribution in [2.24, 2.45) is 0 Å². The van der Waals surface area contributed by atoms with Crippen LogP contribution < -0.4 is 10.1 Å². The number of hydrogen-bond donors (Lipinski definition) is 1. The van der Waals surface area contributed by atoms with Crippen LogP contribution in [0, 0.1) is 5.82 Å². The Morgan fingerprint density at radius 2 is 1.57 bits per heavy atom. The Hall–Kier alpha value is -3.47. The van der Waals surface area contributed by atoms with Gasteiger partial charge >= 0.3 is 0 Å². The second-order valence-corrected chi connectivity index (χ2v) is 6.20. The molecule has 142 valence electrons. The van der Waals surface area contributed by atoms with Gasteiger partial charge in [-0.05, 0) is 42.8 Å². The fourth-order valence-electron chi connectivity index (χ4n) is 2.75. The van der Waals surface area contributed by atoms with Gasteiger partial charge in [-0.3, -0.25) is 9.59 Å². The highest BCUT2D eigenvalue weighted by Gasteiger charge is 2.21. The van der Waals surface area contributed by atoms with Gasteiger partial charge in [0, 0.05) is 11.1 Å². The first-order chi connectivity index (χ1) is 13.6. The van der Waals surface area contributed by atoms with Crippen LogP contribution in [-0.2, 0) is 4.79 Å². The quantitative estimate of drug-likeness (QED) is 0.599. The van der Waals surface area contributed by atoms with Crippen molar-refractivity contribution >= 4 is 17.4 Å². The predicted molar refractivity (Wildman–Crippen MR) is 106 cm³/mol. The minimum atomic E-state index is -0.773. The van der Waals surface area contributed by atoms with Gasteiger partial charge in [0.25, 0.3) is 5.91 Å².